The lowest BCUT2D eigenvalue weighted by Gasteiger charge is -2.12. The second-order valence-corrected chi connectivity index (χ2v) is 6.45. The highest BCUT2D eigenvalue weighted by atomic mass is 16.5. The lowest BCUT2D eigenvalue weighted by atomic mass is 10.1. The lowest BCUT2D eigenvalue weighted by molar-refractivity contribution is 0.461. The van der Waals surface area contributed by atoms with Crippen molar-refractivity contribution in [2.24, 2.45) is 4.99 Å². The van der Waals surface area contributed by atoms with Gasteiger partial charge in [-0.1, -0.05) is 12.1 Å². The first-order valence-electron chi connectivity index (χ1n) is 9.18. The summed E-state index contributed by atoms with van der Waals surface area (Å²) in [4.78, 5) is 12.8. The third-order valence-electron chi connectivity index (χ3n) is 4.35. The molecule has 6 heteroatoms. The van der Waals surface area contributed by atoms with Crippen LogP contribution in [-0.2, 0) is 13.1 Å². The van der Waals surface area contributed by atoms with Gasteiger partial charge in [0.05, 0.1) is 12.2 Å². The highest BCUT2D eigenvalue weighted by Crippen LogP contribution is 2.22. The second kappa shape index (κ2) is 9.50. The average Bonchev–Trinajstić information content (AvgIpc) is 2.72. The summed E-state index contributed by atoms with van der Waals surface area (Å²) in [7, 11) is 1.74. The van der Waals surface area contributed by atoms with Crippen LogP contribution in [0.2, 0.25) is 0 Å². The fraction of sp³-hybridized carbons (Fsp3) is 0.227. The molecule has 0 aliphatic heterocycles. The van der Waals surface area contributed by atoms with Gasteiger partial charge >= 0.3 is 0 Å². The maximum absolute atomic E-state index is 5.90. The quantitative estimate of drug-likeness (QED) is 0.507. The van der Waals surface area contributed by atoms with Crippen molar-refractivity contribution < 1.29 is 4.74 Å². The van der Waals surface area contributed by atoms with Crippen LogP contribution in [0.15, 0.2) is 65.9 Å². The SMILES string of the molecule is CN=C(NCc1ccnc(Oc2ccc(C)c(C)c2)c1)NCc1ccccn1. The molecule has 1 aromatic carbocycles. The molecule has 0 unspecified atom stereocenters. The van der Waals surface area contributed by atoms with Gasteiger partial charge in [-0.3, -0.25) is 9.98 Å². The topological polar surface area (TPSA) is 71.4 Å². The fourth-order valence-electron chi connectivity index (χ4n) is 2.60. The fourth-order valence-corrected chi connectivity index (χ4v) is 2.60. The van der Waals surface area contributed by atoms with Crippen LogP contribution in [0.5, 0.6) is 11.6 Å². The van der Waals surface area contributed by atoms with E-state index in [2.05, 4.69) is 39.4 Å². The number of nitrogens with zero attached hydrogens (tertiary/aromatic N) is 3. The predicted octanol–water partition coefficient (Wildman–Crippen LogP) is 3.75. The van der Waals surface area contributed by atoms with Crippen molar-refractivity contribution in [2.75, 3.05) is 7.05 Å². The number of aromatic nitrogens is 2. The average molecular weight is 375 g/mol. The molecule has 3 rings (SSSR count). The molecule has 0 bridgehead atoms. The van der Waals surface area contributed by atoms with E-state index in [1.807, 2.05) is 48.5 Å². The van der Waals surface area contributed by atoms with Crippen LogP contribution in [-0.4, -0.2) is 23.0 Å². The summed E-state index contributed by atoms with van der Waals surface area (Å²) in [5.74, 6) is 2.06. The Morgan fingerprint density at radius 3 is 2.54 bits per heavy atom. The summed E-state index contributed by atoms with van der Waals surface area (Å²) in [5, 5.41) is 6.54. The summed E-state index contributed by atoms with van der Waals surface area (Å²) < 4.78 is 5.90. The minimum absolute atomic E-state index is 0.569. The zero-order valence-electron chi connectivity index (χ0n) is 16.4. The standard InChI is InChI=1S/C22H25N5O/c1-16-7-8-20(12-17(16)2)28-21-13-18(9-11-25-21)14-26-22(23-3)27-15-19-6-4-5-10-24-19/h4-13H,14-15H2,1-3H3,(H2,23,26,27). The molecule has 0 saturated heterocycles. The van der Waals surface area contributed by atoms with Crippen molar-refractivity contribution in [2.45, 2.75) is 26.9 Å². The van der Waals surface area contributed by atoms with Crippen molar-refractivity contribution in [3.8, 4) is 11.6 Å². The molecule has 144 valence electrons. The Labute approximate surface area is 165 Å². The molecule has 2 N–H and O–H groups in total. The molecule has 2 heterocycles. The zero-order valence-corrected chi connectivity index (χ0v) is 16.4. The van der Waals surface area contributed by atoms with Gasteiger partial charge in [-0.15, -0.1) is 0 Å². The molecule has 0 amide bonds. The van der Waals surface area contributed by atoms with Gasteiger partial charge < -0.3 is 15.4 Å². The first-order valence-corrected chi connectivity index (χ1v) is 9.18. The number of ether oxygens (including phenoxy) is 1. The van der Waals surface area contributed by atoms with E-state index in [1.165, 1.54) is 11.1 Å². The smallest absolute Gasteiger partial charge is 0.219 e. The van der Waals surface area contributed by atoms with E-state index in [0.29, 0.717) is 24.9 Å². The molecular weight excluding hydrogens is 350 g/mol. The number of hydrogen-bond donors (Lipinski definition) is 2. The van der Waals surface area contributed by atoms with Gasteiger partial charge in [-0.05, 0) is 60.9 Å². The van der Waals surface area contributed by atoms with Crippen molar-refractivity contribution in [3.05, 3.63) is 83.3 Å². The van der Waals surface area contributed by atoms with E-state index in [4.69, 9.17) is 4.74 Å². The first kappa shape index (κ1) is 19.4. The number of pyridine rings is 2. The molecular formula is C22H25N5O. The molecule has 3 aromatic rings. The molecule has 6 nitrogen and oxygen atoms in total. The van der Waals surface area contributed by atoms with E-state index in [-0.39, 0.29) is 0 Å². The maximum atomic E-state index is 5.90. The highest BCUT2D eigenvalue weighted by Gasteiger charge is 2.04. The van der Waals surface area contributed by atoms with Gasteiger partial charge in [-0.25, -0.2) is 4.98 Å². The van der Waals surface area contributed by atoms with Gasteiger partial charge in [0.15, 0.2) is 5.96 Å². The Kier molecular flexibility index (Phi) is 6.57. The molecule has 0 atom stereocenters. The Bertz CT molecular complexity index is 941. The Hall–Kier alpha value is -3.41. The molecule has 0 saturated carbocycles. The Morgan fingerprint density at radius 2 is 1.79 bits per heavy atom. The largest absolute Gasteiger partial charge is 0.439 e. The third kappa shape index (κ3) is 5.54. The predicted molar refractivity (Wildman–Crippen MR) is 112 cm³/mol. The van der Waals surface area contributed by atoms with Crippen LogP contribution >= 0.6 is 0 Å². The van der Waals surface area contributed by atoms with Gasteiger partial charge in [0, 0.05) is 32.1 Å². The first-order chi connectivity index (χ1) is 13.6. The van der Waals surface area contributed by atoms with Crippen LogP contribution in [0.1, 0.15) is 22.4 Å². The van der Waals surface area contributed by atoms with E-state index in [9.17, 15) is 0 Å². The van der Waals surface area contributed by atoms with E-state index >= 15 is 0 Å². The number of benzene rings is 1. The molecule has 0 fully saturated rings. The number of hydrogen-bond acceptors (Lipinski definition) is 4. The van der Waals surface area contributed by atoms with E-state index in [0.717, 1.165) is 17.0 Å². The second-order valence-electron chi connectivity index (χ2n) is 6.45. The van der Waals surface area contributed by atoms with Crippen LogP contribution in [0.25, 0.3) is 0 Å². The van der Waals surface area contributed by atoms with E-state index in [1.54, 1.807) is 19.4 Å². The highest BCUT2D eigenvalue weighted by molar-refractivity contribution is 5.79. The number of nitrogens with one attached hydrogen (secondary N) is 2. The Morgan fingerprint density at radius 1 is 0.929 bits per heavy atom. The van der Waals surface area contributed by atoms with Gasteiger partial charge in [-0.2, -0.15) is 0 Å². The van der Waals surface area contributed by atoms with Crippen molar-refractivity contribution in [1.29, 1.82) is 0 Å². The zero-order chi connectivity index (χ0) is 19.8. The van der Waals surface area contributed by atoms with Crippen molar-refractivity contribution >= 4 is 5.96 Å². The molecule has 2 aromatic heterocycles. The van der Waals surface area contributed by atoms with Crippen LogP contribution < -0.4 is 15.4 Å². The monoisotopic (exact) mass is 375 g/mol. The number of aliphatic imine (C=N–C) groups is 1. The van der Waals surface area contributed by atoms with Gasteiger partial charge in [0.25, 0.3) is 0 Å². The van der Waals surface area contributed by atoms with Crippen molar-refractivity contribution in [1.82, 2.24) is 20.6 Å². The third-order valence-corrected chi connectivity index (χ3v) is 4.35. The summed E-state index contributed by atoms with van der Waals surface area (Å²) in [6.45, 7) is 5.36. The normalized spacial score (nSPS) is 11.2. The van der Waals surface area contributed by atoms with Crippen molar-refractivity contribution in [3.63, 3.8) is 0 Å². The lowest BCUT2D eigenvalue weighted by Crippen LogP contribution is -2.36. The van der Waals surface area contributed by atoms with Crippen LogP contribution in [0.3, 0.4) is 0 Å². The number of guanidine groups is 1. The molecule has 0 radical (unpaired) electrons. The number of rotatable bonds is 6. The number of aryl methyl sites for hydroxylation is 2. The summed E-state index contributed by atoms with van der Waals surface area (Å²) >= 11 is 0. The van der Waals surface area contributed by atoms with Gasteiger partial charge in [0.1, 0.15) is 5.75 Å². The van der Waals surface area contributed by atoms with Crippen LogP contribution in [0, 0.1) is 13.8 Å². The molecule has 0 aliphatic rings. The summed E-state index contributed by atoms with van der Waals surface area (Å²) in [6, 6.07) is 15.7. The van der Waals surface area contributed by atoms with Crippen LogP contribution in [0.4, 0.5) is 0 Å². The molecule has 28 heavy (non-hydrogen) atoms. The summed E-state index contributed by atoms with van der Waals surface area (Å²) in [5.41, 5.74) is 4.44. The minimum atomic E-state index is 0.569. The molecule has 0 aliphatic carbocycles. The maximum Gasteiger partial charge on any atom is 0.219 e. The molecule has 0 spiro atoms. The summed E-state index contributed by atoms with van der Waals surface area (Å²) in [6.07, 6.45) is 3.53. The van der Waals surface area contributed by atoms with Gasteiger partial charge in [0.2, 0.25) is 5.88 Å². The minimum Gasteiger partial charge on any atom is -0.439 e. The van der Waals surface area contributed by atoms with E-state index < -0.39 is 0 Å². The Balaban J connectivity index is 1.56.